The van der Waals surface area contributed by atoms with Crippen molar-refractivity contribution in [2.75, 3.05) is 5.32 Å². The lowest BCUT2D eigenvalue weighted by Gasteiger charge is -2.18. The van der Waals surface area contributed by atoms with Crippen molar-refractivity contribution in [3.8, 4) is 28.2 Å². The Hall–Kier alpha value is -3.63. The number of phenolic OH excluding ortho intramolecular Hbond substituents is 1. The van der Waals surface area contributed by atoms with E-state index in [1.54, 1.807) is 12.1 Å². The predicted molar refractivity (Wildman–Crippen MR) is 136 cm³/mol. The van der Waals surface area contributed by atoms with Gasteiger partial charge in [-0.2, -0.15) is 15.0 Å². The van der Waals surface area contributed by atoms with Gasteiger partial charge in [-0.3, -0.25) is 4.79 Å². The Morgan fingerprint density at radius 2 is 1.61 bits per heavy atom. The topological polar surface area (TPSA) is 138 Å². The third kappa shape index (κ3) is 4.38. The molecule has 3 N–H and O–H groups in total. The number of aromatic carboxylic acids is 1. The molecule has 2 aliphatic rings. The number of fused-ring (bicyclic) bond motifs is 2. The summed E-state index contributed by atoms with van der Waals surface area (Å²) >= 11 is 23.9. The maximum atomic E-state index is 12.3. The fourth-order valence-corrected chi connectivity index (χ4v) is 4.41. The van der Waals surface area contributed by atoms with Crippen molar-refractivity contribution in [3.63, 3.8) is 0 Å². The normalized spacial score (nSPS) is 11.2. The molecule has 1 aromatic heterocycles. The summed E-state index contributed by atoms with van der Waals surface area (Å²) in [6.45, 7) is 0. The minimum atomic E-state index is -1.25. The van der Waals surface area contributed by atoms with Crippen LogP contribution < -0.4 is 10.7 Å². The lowest BCUT2D eigenvalue weighted by Crippen LogP contribution is -2.06. The number of nitrogens with one attached hydrogen (secondary N) is 1. The molecule has 0 amide bonds. The average Bonchev–Trinajstić information content (AvgIpc) is 2.79. The number of hydrogen-bond acceptors (Lipinski definition) is 8. The molecule has 36 heavy (non-hydrogen) atoms. The van der Waals surface area contributed by atoms with Crippen LogP contribution in [0.1, 0.15) is 10.4 Å². The number of carboxylic acids is 1. The molecule has 2 aromatic carbocycles. The van der Waals surface area contributed by atoms with E-state index in [1.165, 1.54) is 30.3 Å². The van der Waals surface area contributed by atoms with Gasteiger partial charge in [-0.05, 0) is 53.0 Å². The van der Waals surface area contributed by atoms with Crippen LogP contribution in [-0.4, -0.2) is 31.1 Å². The first kappa shape index (κ1) is 24.1. The van der Waals surface area contributed by atoms with Crippen LogP contribution in [0.4, 0.5) is 11.6 Å². The van der Waals surface area contributed by atoms with Crippen molar-refractivity contribution in [2.24, 2.45) is 0 Å². The lowest BCUT2D eigenvalue weighted by atomic mass is 9.90. The second-order valence-corrected chi connectivity index (χ2v) is 8.93. The Balaban J connectivity index is 1.78. The molecular weight excluding hydrogens is 554 g/mol. The van der Waals surface area contributed by atoms with Crippen molar-refractivity contribution < 1.29 is 19.4 Å². The van der Waals surface area contributed by atoms with Crippen molar-refractivity contribution in [3.05, 3.63) is 78.9 Å². The number of anilines is 2. The van der Waals surface area contributed by atoms with Crippen LogP contribution in [0.15, 0.2) is 51.7 Å². The molecule has 0 bridgehead atoms. The molecule has 9 nitrogen and oxygen atoms in total. The number of rotatable bonds is 4. The number of carbonyl (C=O) groups is 1. The SMILES string of the molecule is O=C(O)c1cc(Nc2nc(Cl)nc(Cl)n2)ccc1-c1c2cc(Cl)c(=O)cc-2oc2cc(O)c(Cl)cc12. The summed E-state index contributed by atoms with van der Waals surface area (Å²) < 4.78 is 5.82. The maximum absolute atomic E-state index is 12.3. The summed E-state index contributed by atoms with van der Waals surface area (Å²) in [5.74, 6) is -1.35. The summed E-state index contributed by atoms with van der Waals surface area (Å²) in [6, 6.07) is 9.80. The van der Waals surface area contributed by atoms with E-state index >= 15 is 0 Å². The molecular formula is C23H10Cl4N4O5. The smallest absolute Gasteiger partial charge is 0.336 e. The fraction of sp³-hybridized carbons (Fsp3) is 0. The Labute approximate surface area is 221 Å². The first-order valence-corrected chi connectivity index (χ1v) is 11.4. The van der Waals surface area contributed by atoms with E-state index in [0.717, 1.165) is 0 Å². The van der Waals surface area contributed by atoms with Gasteiger partial charge in [0.15, 0.2) is 0 Å². The number of aromatic nitrogens is 3. The highest BCUT2D eigenvalue weighted by Gasteiger charge is 2.24. The summed E-state index contributed by atoms with van der Waals surface area (Å²) in [5.41, 5.74) is 0.907. The zero-order valence-electron chi connectivity index (χ0n) is 17.5. The predicted octanol–water partition coefficient (Wildman–Crippen LogP) is 6.51. The molecule has 0 fully saturated rings. The number of halogens is 4. The highest BCUT2D eigenvalue weighted by Crippen LogP contribution is 2.44. The molecule has 0 atom stereocenters. The molecule has 0 radical (unpaired) electrons. The molecule has 1 aliphatic carbocycles. The maximum Gasteiger partial charge on any atom is 0.336 e. The van der Waals surface area contributed by atoms with Crippen molar-refractivity contribution in [2.45, 2.75) is 0 Å². The molecule has 0 spiro atoms. The third-order valence-corrected chi connectivity index (χ3v) is 6.13. The van der Waals surface area contributed by atoms with Gasteiger partial charge in [0.25, 0.3) is 0 Å². The minimum absolute atomic E-state index is 0.00973. The summed E-state index contributed by atoms with van der Waals surface area (Å²) in [6.07, 6.45) is 0. The quantitative estimate of drug-likeness (QED) is 0.209. The molecule has 0 saturated carbocycles. The van der Waals surface area contributed by atoms with E-state index in [0.29, 0.717) is 22.2 Å². The number of phenols is 1. The summed E-state index contributed by atoms with van der Waals surface area (Å²) in [7, 11) is 0. The summed E-state index contributed by atoms with van der Waals surface area (Å²) in [5, 5.41) is 23.0. The van der Waals surface area contributed by atoms with Gasteiger partial charge in [0.2, 0.25) is 21.9 Å². The van der Waals surface area contributed by atoms with Gasteiger partial charge in [0, 0.05) is 34.3 Å². The molecule has 2 heterocycles. The fourth-order valence-electron chi connectivity index (χ4n) is 3.72. The van der Waals surface area contributed by atoms with Crippen LogP contribution in [0.3, 0.4) is 0 Å². The van der Waals surface area contributed by atoms with E-state index in [9.17, 15) is 19.8 Å². The van der Waals surface area contributed by atoms with Crippen LogP contribution in [0, 0.1) is 0 Å². The van der Waals surface area contributed by atoms with E-state index in [4.69, 9.17) is 50.8 Å². The van der Waals surface area contributed by atoms with Crippen molar-refractivity contribution in [1.29, 1.82) is 0 Å². The highest BCUT2D eigenvalue weighted by molar-refractivity contribution is 6.33. The number of nitrogens with zero attached hydrogens (tertiary/aromatic N) is 3. The van der Waals surface area contributed by atoms with E-state index in [1.807, 2.05) is 0 Å². The Morgan fingerprint density at radius 3 is 2.31 bits per heavy atom. The molecule has 180 valence electrons. The second-order valence-electron chi connectivity index (χ2n) is 7.44. The van der Waals surface area contributed by atoms with Crippen LogP contribution in [0.25, 0.3) is 33.4 Å². The molecule has 13 heteroatoms. The summed E-state index contributed by atoms with van der Waals surface area (Å²) in [4.78, 5) is 36.0. The van der Waals surface area contributed by atoms with Crippen molar-refractivity contribution in [1.82, 2.24) is 15.0 Å². The monoisotopic (exact) mass is 562 g/mol. The number of hydrogen-bond donors (Lipinski definition) is 3. The van der Waals surface area contributed by atoms with Gasteiger partial charge in [-0.15, -0.1) is 0 Å². The van der Waals surface area contributed by atoms with E-state index in [2.05, 4.69) is 20.3 Å². The Kier molecular flexibility index (Phi) is 6.09. The molecule has 0 saturated heterocycles. The molecule has 5 rings (SSSR count). The molecule has 1 aliphatic heterocycles. The second kappa shape index (κ2) is 9.11. The lowest BCUT2D eigenvalue weighted by molar-refractivity contribution is 0.0697. The number of aromatic hydroxyl groups is 1. The minimum Gasteiger partial charge on any atom is -0.506 e. The zero-order valence-corrected chi connectivity index (χ0v) is 20.5. The van der Waals surface area contributed by atoms with Crippen LogP contribution in [0.5, 0.6) is 5.75 Å². The number of benzene rings is 3. The third-order valence-electron chi connectivity index (χ3n) is 5.20. The largest absolute Gasteiger partial charge is 0.506 e. The Morgan fingerprint density at radius 1 is 0.889 bits per heavy atom. The van der Waals surface area contributed by atoms with E-state index < -0.39 is 11.4 Å². The van der Waals surface area contributed by atoms with Crippen LogP contribution in [-0.2, 0) is 0 Å². The van der Waals surface area contributed by atoms with Gasteiger partial charge < -0.3 is 19.9 Å². The highest BCUT2D eigenvalue weighted by atomic mass is 35.5. The zero-order chi connectivity index (χ0) is 25.7. The van der Waals surface area contributed by atoms with Gasteiger partial charge in [-0.25, -0.2) is 4.79 Å². The van der Waals surface area contributed by atoms with Crippen molar-refractivity contribution >= 4 is 75.0 Å². The first-order chi connectivity index (χ1) is 17.1. The van der Waals surface area contributed by atoms with Gasteiger partial charge in [0.05, 0.1) is 15.6 Å². The average molecular weight is 564 g/mol. The standard InChI is InChI=1S/C23H10Cl4N4O5/c24-13-4-11-17(6-15(13)32)36-18-7-16(33)14(25)5-12(18)19(11)9-2-1-8(3-10(9)20(34)35)28-23-30-21(26)29-22(27)31-23/h1-7,32H,(H,34,35)(H,28,29,30,31). The van der Waals surface area contributed by atoms with Gasteiger partial charge in [-0.1, -0.05) is 29.3 Å². The number of carboxylic acid groups (broad SMARTS) is 1. The Bertz CT molecular complexity index is 1720. The first-order valence-electron chi connectivity index (χ1n) is 9.91. The van der Waals surface area contributed by atoms with Gasteiger partial charge in [0.1, 0.15) is 17.1 Å². The molecule has 3 aromatic rings. The van der Waals surface area contributed by atoms with E-state index in [-0.39, 0.29) is 54.8 Å². The van der Waals surface area contributed by atoms with Gasteiger partial charge >= 0.3 is 5.97 Å². The van der Waals surface area contributed by atoms with Crippen LogP contribution >= 0.6 is 46.4 Å². The van der Waals surface area contributed by atoms with Crippen LogP contribution in [0.2, 0.25) is 20.6 Å². The molecule has 0 unspecified atom stereocenters.